The lowest BCUT2D eigenvalue weighted by atomic mass is 10.2. The lowest BCUT2D eigenvalue weighted by molar-refractivity contribution is -0.387. The average molecular weight is 248 g/mol. The summed E-state index contributed by atoms with van der Waals surface area (Å²) in [6.07, 6.45) is 0. The minimum Gasteiger partial charge on any atom is -0.258 e. The van der Waals surface area contributed by atoms with Crippen molar-refractivity contribution in [3.63, 3.8) is 0 Å². The van der Waals surface area contributed by atoms with E-state index in [-0.39, 0.29) is 16.5 Å². The average Bonchev–Trinajstić information content (AvgIpc) is 2.18. The molecular formula is C9H4Cl2FNO2. The number of nitrogens with zero attached hydrogens (tertiary/aromatic N) is 1. The van der Waals surface area contributed by atoms with Gasteiger partial charge in [-0.1, -0.05) is 23.4 Å². The van der Waals surface area contributed by atoms with Crippen molar-refractivity contribution in [3.8, 4) is 11.8 Å². The fourth-order valence-electron chi connectivity index (χ4n) is 0.901. The van der Waals surface area contributed by atoms with Gasteiger partial charge in [-0.2, -0.15) is 4.39 Å². The summed E-state index contributed by atoms with van der Waals surface area (Å²) >= 11 is 11.0. The largest absolute Gasteiger partial charge is 0.306 e. The molecule has 15 heavy (non-hydrogen) atoms. The highest BCUT2D eigenvalue weighted by Gasteiger charge is 2.16. The zero-order valence-electron chi connectivity index (χ0n) is 7.26. The first-order valence-electron chi connectivity index (χ1n) is 3.74. The highest BCUT2D eigenvalue weighted by molar-refractivity contribution is 6.32. The van der Waals surface area contributed by atoms with Crippen LogP contribution in [0.3, 0.4) is 0 Å². The number of nitro groups is 1. The van der Waals surface area contributed by atoms with Crippen molar-refractivity contribution in [1.82, 2.24) is 0 Å². The van der Waals surface area contributed by atoms with Crippen molar-refractivity contribution in [2.45, 2.75) is 0 Å². The molecule has 0 N–H and O–H groups in total. The predicted octanol–water partition coefficient (Wildman–Crippen LogP) is 2.98. The van der Waals surface area contributed by atoms with Crippen LogP contribution >= 0.6 is 23.2 Å². The van der Waals surface area contributed by atoms with Crippen molar-refractivity contribution < 1.29 is 9.31 Å². The van der Waals surface area contributed by atoms with Gasteiger partial charge in [-0.3, -0.25) is 10.1 Å². The molecule has 0 aromatic heterocycles. The summed E-state index contributed by atoms with van der Waals surface area (Å²) in [4.78, 5) is 9.50. The SMILES string of the molecule is O=[N+]([O-])c1cc(Cl)c(C#CCCl)cc1F. The molecule has 0 aliphatic rings. The van der Waals surface area contributed by atoms with E-state index in [4.69, 9.17) is 23.2 Å². The Labute approximate surface area is 95.0 Å². The first kappa shape index (κ1) is 11.8. The fraction of sp³-hybridized carbons (Fsp3) is 0.111. The minimum absolute atomic E-state index is 0.0284. The van der Waals surface area contributed by atoms with Crippen LogP contribution < -0.4 is 0 Å². The summed E-state index contributed by atoms with van der Waals surface area (Å²) in [5.41, 5.74) is -0.489. The number of halogens is 3. The number of hydrogen-bond acceptors (Lipinski definition) is 2. The highest BCUT2D eigenvalue weighted by atomic mass is 35.5. The molecule has 0 saturated heterocycles. The maximum atomic E-state index is 13.1. The zero-order chi connectivity index (χ0) is 11.4. The van der Waals surface area contributed by atoms with Crippen molar-refractivity contribution in [2.24, 2.45) is 0 Å². The lowest BCUT2D eigenvalue weighted by Crippen LogP contribution is -1.93. The van der Waals surface area contributed by atoms with Crippen LogP contribution in [0.4, 0.5) is 10.1 Å². The molecule has 1 aromatic rings. The molecule has 1 rings (SSSR count). The van der Waals surface area contributed by atoms with Gasteiger partial charge in [0, 0.05) is 11.6 Å². The van der Waals surface area contributed by atoms with Gasteiger partial charge < -0.3 is 0 Å². The van der Waals surface area contributed by atoms with Crippen LogP contribution in [0.1, 0.15) is 5.56 Å². The number of hydrogen-bond donors (Lipinski definition) is 0. The van der Waals surface area contributed by atoms with Crippen molar-refractivity contribution in [1.29, 1.82) is 0 Å². The molecule has 6 heteroatoms. The molecule has 78 valence electrons. The molecule has 0 unspecified atom stereocenters. The Hall–Kier alpha value is -1.31. The van der Waals surface area contributed by atoms with Gasteiger partial charge in [0.15, 0.2) is 0 Å². The summed E-state index contributed by atoms with van der Waals surface area (Å²) in [7, 11) is 0. The van der Waals surface area contributed by atoms with E-state index in [9.17, 15) is 14.5 Å². The second-order valence-electron chi connectivity index (χ2n) is 2.48. The number of rotatable bonds is 1. The van der Waals surface area contributed by atoms with E-state index < -0.39 is 16.4 Å². The zero-order valence-corrected chi connectivity index (χ0v) is 8.77. The number of nitro benzene ring substituents is 1. The summed E-state index contributed by atoms with van der Waals surface area (Å²) in [6.45, 7) is 0. The van der Waals surface area contributed by atoms with Gasteiger partial charge in [0.2, 0.25) is 5.82 Å². The van der Waals surface area contributed by atoms with Crippen LogP contribution in [-0.2, 0) is 0 Å². The molecule has 3 nitrogen and oxygen atoms in total. The van der Waals surface area contributed by atoms with E-state index >= 15 is 0 Å². The monoisotopic (exact) mass is 247 g/mol. The maximum absolute atomic E-state index is 13.1. The summed E-state index contributed by atoms with van der Waals surface area (Å²) in [5.74, 6) is 4.08. The highest BCUT2D eigenvalue weighted by Crippen LogP contribution is 2.25. The molecule has 0 fully saturated rings. The third-order valence-electron chi connectivity index (χ3n) is 1.52. The van der Waals surface area contributed by atoms with Gasteiger partial charge in [0.25, 0.3) is 0 Å². The molecule has 0 aliphatic heterocycles. The predicted molar refractivity (Wildman–Crippen MR) is 55.7 cm³/mol. The summed E-state index contributed by atoms with van der Waals surface area (Å²) in [5, 5.41) is 10.4. The first-order chi connectivity index (χ1) is 7.06. The lowest BCUT2D eigenvalue weighted by Gasteiger charge is -1.97. The van der Waals surface area contributed by atoms with Crippen LogP contribution in [0.5, 0.6) is 0 Å². The Morgan fingerprint density at radius 1 is 1.53 bits per heavy atom. The standard InChI is InChI=1S/C9H4Cl2FNO2/c10-3-1-2-6-4-8(12)9(13(14)15)5-7(6)11/h4-5H,3H2. The van der Waals surface area contributed by atoms with Crippen LogP contribution in [0.15, 0.2) is 12.1 Å². The Kier molecular flexibility index (Phi) is 3.89. The van der Waals surface area contributed by atoms with Gasteiger partial charge in [0.1, 0.15) is 0 Å². The van der Waals surface area contributed by atoms with Crippen molar-refractivity contribution in [2.75, 3.05) is 5.88 Å². The second kappa shape index (κ2) is 4.96. The topological polar surface area (TPSA) is 43.1 Å². The van der Waals surface area contributed by atoms with E-state index in [0.717, 1.165) is 12.1 Å². The maximum Gasteiger partial charge on any atom is 0.306 e. The molecule has 0 aliphatic carbocycles. The molecule has 1 aromatic carbocycles. The number of alkyl halides is 1. The Morgan fingerprint density at radius 2 is 2.20 bits per heavy atom. The van der Waals surface area contributed by atoms with Gasteiger partial charge in [-0.05, 0) is 6.07 Å². The van der Waals surface area contributed by atoms with Gasteiger partial charge in [0.05, 0.1) is 15.8 Å². The molecule has 0 atom stereocenters. The van der Waals surface area contributed by atoms with E-state index in [1.54, 1.807) is 0 Å². The van der Waals surface area contributed by atoms with E-state index in [1.165, 1.54) is 0 Å². The minimum atomic E-state index is -0.969. The van der Waals surface area contributed by atoms with Gasteiger partial charge >= 0.3 is 5.69 Å². The first-order valence-corrected chi connectivity index (χ1v) is 4.65. The second-order valence-corrected chi connectivity index (χ2v) is 3.15. The third kappa shape index (κ3) is 2.82. The van der Waals surface area contributed by atoms with Crippen molar-refractivity contribution in [3.05, 3.63) is 38.7 Å². The molecular weight excluding hydrogens is 244 g/mol. The normalized spacial score (nSPS) is 9.27. The number of benzene rings is 1. The van der Waals surface area contributed by atoms with Gasteiger partial charge in [-0.15, -0.1) is 11.6 Å². The fourth-order valence-corrected chi connectivity index (χ4v) is 1.17. The van der Waals surface area contributed by atoms with Crippen LogP contribution in [0.2, 0.25) is 5.02 Å². The third-order valence-corrected chi connectivity index (χ3v) is 1.97. The molecule has 0 spiro atoms. The Bertz CT molecular complexity index is 465. The van der Waals surface area contributed by atoms with E-state index in [0.29, 0.717) is 0 Å². The van der Waals surface area contributed by atoms with Gasteiger partial charge in [-0.25, -0.2) is 0 Å². The molecule has 0 heterocycles. The summed E-state index contributed by atoms with van der Waals surface area (Å²) in [6, 6.07) is 1.84. The molecule has 0 saturated carbocycles. The van der Waals surface area contributed by atoms with Crippen molar-refractivity contribution >= 4 is 28.9 Å². The van der Waals surface area contributed by atoms with Crippen LogP contribution in [0, 0.1) is 27.8 Å². The Morgan fingerprint density at radius 3 is 2.73 bits per heavy atom. The van der Waals surface area contributed by atoms with Crippen LogP contribution in [-0.4, -0.2) is 10.8 Å². The molecule has 0 amide bonds. The smallest absolute Gasteiger partial charge is 0.258 e. The van der Waals surface area contributed by atoms with Crippen LogP contribution in [0.25, 0.3) is 0 Å². The quantitative estimate of drug-likeness (QED) is 0.332. The van der Waals surface area contributed by atoms with E-state index in [1.807, 2.05) is 0 Å². The molecule has 0 radical (unpaired) electrons. The Balaban J connectivity index is 3.25. The molecule has 0 bridgehead atoms. The summed E-state index contributed by atoms with van der Waals surface area (Å²) < 4.78 is 13.1. The van der Waals surface area contributed by atoms with E-state index in [2.05, 4.69) is 11.8 Å².